The molecule has 3 heteroatoms. The third kappa shape index (κ3) is 1.77. The number of aromatic nitrogens is 1. The molecule has 0 unspecified atom stereocenters. The fourth-order valence-corrected chi connectivity index (χ4v) is 4.25. The normalized spacial score (nSPS) is 13.0. The van der Waals surface area contributed by atoms with Gasteiger partial charge < -0.3 is 0 Å². The molecule has 1 aliphatic heterocycles. The molecule has 4 rings (SSSR count). The number of hydrogen-bond acceptors (Lipinski definition) is 2. The van der Waals surface area contributed by atoms with Crippen LogP contribution in [0, 0.1) is 6.92 Å². The highest BCUT2D eigenvalue weighted by Gasteiger charge is 2.25. The molecule has 0 fully saturated rings. The number of rotatable bonds is 0. The van der Waals surface area contributed by atoms with Gasteiger partial charge in [-0.2, -0.15) is 0 Å². The number of benzene rings is 2. The van der Waals surface area contributed by atoms with Crippen molar-refractivity contribution < 1.29 is 4.79 Å². The van der Waals surface area contributed by atoms with Gasteiger partial charge in [0, 0.05) is 28.5 Å². The van der Waals surface area contributed by atoms with E-state index in [1.807, 2.05) is 22.4 Å². The van der Waals surface area contributed by atoms with E-state index in [-0.39, 0.29) is 5.91 Å². The molecule has 0 saturated carbocycles. The van der Waals surface area contributed by atoms with Gasteiger partial charge in [0.1, 0.15) is 0 Å². The van der Waals surface area contributed by atoms with Gasteiger partial charge in [0.25, 0.3) is 0 Å². The summed E-state index contributed by atoms with van der Waals surface area (Å²) in [6, 6.07) is 14.7. The minimum atomic E-state index is 0.0757. The molecule has 0 amide bonds. The number of hydrogen-bond donors (Lipinski definition) is 0. The van der Waals surface area contributed by atoms with Crippen LogP contribution in [0.15, 0.2) is 47.4 Å². The first-order chi connectivity index (χ1) is 10.2. The highest BCUT2D eigenvalue weighted by molar-refractivity contribution is 7.98. The fraction of sp³-hybridized carbons (Fsp3) is 0.167. The molecule has 2 heterocycles. The van der Waals surface area contributed by atoms with Crippen molar-refractivity contribution in [3.8, 4) is 11.3 Å². The summed E-state index contributed by atoms with van der Waals surface area (Å²) in [6.45, 7) is 3.74. The predicted octanol–water partition coefficient (Wildman–Crippen LogP) is 4.88. The van der Waals surface area contributed by atoms with Crippen LogP contribution in [0.3, 0.4) is 0 Å². The maximum atomic E-state index is 12.2. The molecule has 1 aliphatic rings. The van der Waals surface area contributed by atoms with Crippen LogP contribution in [0.4, 0.5) is 0 Å². The molecule has 0 saturated heterocycles. The first-order valence-electron chi connectivity index (χ1n) is 7.04. The lowest BCUT2D eigenvalue weighted by Crippen LogP contribution is -2.09. The summed E-state index contributed by atoms with van der Waals surface area (Å²) in [7, 11) is 0. The van der Waals surface area contributed by atoms with Gasteiger partial charge in [-0.25, -0.2) is 0 Å². The van der Waals surface area contributed by atoms with Crippen LogP contribution in [0.2, 0.25) is 0 Å². The molecule has 2 aromatic carbocycles. The SMILES string of the molecule is CC(=O)n1c2c(c3cc(C)ccc31)CSc1ccccc1-2. The maximum absolute atomic E-state index is 12.2. The molecule has 0 atom stereocenters. The standard InChI is InChI=1S/C18H15NOS/c1-11-7-8-16-14(9-11)15-10-21-17-6-4-3-5-13(17)18(15)19(16)12(2)20/h3-9H,10H2,1-2H3. The zero-order valence-corrected chi connectivity index (χ0v) is 12.8. The Kier molecular flexibility index (Phi) is 2.73. The zero-order valence-electron chi connectivity index (χ0n) is 12.0. The second-order valence-corrected chi connectivity index (χ2v) is 6.50. The predicted molar refractivity (Wildman–Crippen MR) is 88.0 cm³/mol. The van der Waals surface area contributed by atoms with Crippen LogP contribution in [0.5, 0.6) is 0 Å². The fourth-order valence-electron chi connectivity index (χ4n) is 3.16. The Morgan fingerprint density at radius 1 is 1.19 bits per heavy atom. The molecule has 0 radical (unpaired) electrons. The van der Waals surface area contributed by atoms with E-state index in [0.29, 0.717) is 0 Å². The Morgan fingerprint density at radius 3 is 2.81 bits per heavy atom. The summed E-state index contributed by atoms with van der Waals surface area (Å²) in [6.07, 6.45) is 0. The molecular weight excluding hydrogens is 278 g/mol. The van der Waals surface area contributed by atoms with Crippen LogP contribution in [0.1, 0.15) is 22.8 Å². The Hall–Kier alpha value is -2.00. The highest BCUT2D eigenvalue weighted by atomic mass is 32.2. The first-order valence-corrected chi connectivity index (χ1v) is 8.02. The lowest BCUT2D eigenvalue weighted by atomic mass is 10.0. The Labute approximate surface area is 127 Å². The molecular formula is C18H15NOS. The van der Waals surface area contributed by atoms with Crippen molar-refractivity contribution in [2.24, 2.45) is 0 Å². The van der Waals surface area contributed by atoms with E-state index >= 15 is 0 Å². The smallest absolute Gasteiger partial charge is 0.228 e. The Balaban J connectivity index is 2.18. The topological polar surface area (TPSA) is 22.0 Å². The van der Waals surface area contributed by atoms with E-state index in [4.69, 9.17) is 0 Å². The minimum absolute atomic E-state index is 0.0757. The van der Waals surface area contributed by atoms with E-state index in [9.17, 15) is 4.79 Å². The zero-order chi connectivity index (χ0) is 14.6. The second-order valence-electron chi connectivity index (χ2n) is 5.49. The first kappa shape index (κ1) is 12.7. The van der Waals surface area contributed by atoms with Crippen LogP contribution in [-0.2, 0) is 5.75 Å². The summed E-state index contributed by atoms with van der Waals surface area (Å²) in [4.78, 5) is 13.5. The number of thioether (sulfide) groups is 1. The molecule has 0 bridgehead atoms. The van der Waals surface area contributed by atoms with Crippen LogP contribution < -0.4 is 0 Å². The third-order valence-corrected chi connectivity index (χ3v) is 5.16. The number of nitrogens with zero attached hydrogens (tertiary/aromatic N) is 1. The molecule has 1 aromatic heterocycles. The second kappa shape index (κ2) is 4.50. The van der Waals surface area contributed by atoms with Gasteiger partial charge in [-0.15, -0.1) is 11.8 Å². The van der Waals surface area contributed by atoms with Gasteiger partial charge in [-0.05, 0) is 30.7 Å². The van der Waals surface area contributed by atoms with Crippen LogP contribution in [-0.4, -0.2) is 10.5 Å². The Bertz CT molecular complexity index is 892. The van der Waals surface area contributed by atoms with E-state index in [0.717, 1.165) is 17.0 Å². The summed E-state index contributed by atoms with van der Waals surface area (Å²) in [5.41, 5.74) is 5.79. The van der Waals surface area contributed by atoms with Crippen molar-refractivity contribution >= 4 is 28.6 Å². The van der Waals surface area contributed by atoms with Gasteiger partial charge in [-0.3, -0.25) is 9.36 Å². The van der Waals surface area contributed by atoms with Crippen LogP contribution >= 0.6 is 11.8 Å². The van der Waals surface area contributed by atoms with Crippen molar-refractivity contribution in [3.63, 3.8) is 0 Å². The van der Waals surface area contributed by atoms with Crippen molar-refractivity contribution in [1.82, 2.24) is 4.57 Å². The molecule has 21 heavy (non-hydrogen) atoms. The van der Waals surface area contributed by atoms with Crippen molar-refractivity contribution in [2.75, 3.05) is 0 Å². The number of fused-ring (bicyclic) bond motifs is 5. The lowest BCUT2D eigenvalue weighted by molar-refractivity contribution is 0.0943. The Morgan fingerprint density at radius 2 is 2.00 bits per heavy atom. The van der Waals surface area contributed by atoms with Crippen molar-refractivity contribution in [2.45, 2.75) is 24.5 Å². The van der Waals surface area contributed by atoms with Crippen LogP contribution in [0.25, 0.3) is 22.2 Å². The van der Waals surface area contributed by atoms with E-state index in [1.54, 1.807) is 6.92 Å². The molecule has 0 N–H and O–H groups in total. The average molecular weight is 293 g/mol. The van der Waals surface area contributed by atoms with E-state index < -0.39 is 0 Å². The number of carbonyl (C=O) groups is 1. The molecule has 0 aliphatic carbocycles. The quantitative estimate of drug-likeness (QED) is 0.589. The van der Waals surface area contributed by atoms with E-state index in [1.165, 1.54) is 27.0 Å². The summed E-state index contributed by atoms with van der Waals surface area (Å²) < 4.78 is 1.88. The van der Waals surface area contributed by atoms with Crippen molar-refractivity contribution in [3.05, 3.63) is 53.6 Å². The monoisotopic (exact) mass is 293 g/mol. The van der Waals surface area contributed by atoms with Crippen molar-refractivity contribution in [1.29, 1.82) is 0 Å². The molecule has 104 valence electrons. The van der Waals surface area contributed by atoms with Gasteiger partial charge in [0.2, 0.25) is 5.91 Å². The maximum Gasteiger partial charge on any atom is 0.228 e. The summed E-state index contributed by atoms with van der Waals surface area (Å²) >= 11 is 1.85. The molecule has 2 nitrogen and oxygen atoms in total. The van der Waals surface area contributed by atoms with Gasteiger partial charge in [-0.1, -0.05) is 29.8 Å². The largest absolute Gasteiger partial charge is 0.280 e. The number of carbonyl (C=O) groups excluding carboxylic acids is 1. The summed E-state index contributed by atoms with van der Waals surface area (Å²) in [5.74, 6) is 0.999. The molecule has 3 aromatic rings. The highest BCUT2D eigenvalue weighted by Crippen LogP contribution is 2.45. The summed E-state index contributed by atoms with van der Waals surface area (Å²) in [5, 5.41) is 1.21. The number of aryl methyl sites for hydroxylation is 1. The molecule has 0 spiro atoms. The average Bonchev–Trinajstić information content (AvgIpc) is 2.81. The minimum Gasteiger partial charge on any atom is -0.280 e. The van der Waals surface area contributed by atoms with E-state index in [2.05, 4.69) is 43.3 Å². The lowest BCUT2D eigenvalue weighted by Gasteiger charge is -2.18. The van der Waals surface area contributed by atoms with Gasteiger partial charge in [0.15, 0.2) is 0 Å². The van der Waals surface area contributed by atoms with Gasteiger partial charge in [0.05, 0.1) is 11.2 Å². The van der Waals surface area contributed by atoms with Gasteiger partial charge >= 0.3 is 0 Å². The third-order valence-electron chi connectivity index (χ3n) is 4.06.